The SMILES string of the molecule is O=C(c1cnn2c1NC(c1ccc3ccccc3c1)CC2C(F)(F)F)N1CCC(CC(c2ccccc2)c2ccccc2)CC1. The van der Waals surface area contributed by atoms with E-state index in [2.05, 4.69) is 58.9 Å². The summed E-state index contributed by atoms with van der Waals surface area (Å²) in [6, 6.07) is 32.1. The molecule has 2 aliphatic heterocycles. The first kappa shape index (κ1) is 29.1. The lowest BCUT2D eigenvalue weighted by Gasteiger charge is -2.36. The van der Waals surface area contributed by atoms with Gasteiger partial charge in [0.2, 0.25) is 0 Å². The fourth-order valence-corrected chi connectivity index (χ4v) is 7.07. The molecule has 0 saturated carbocycles. The van der Waals surface area contributed by atoms with Crippen molar-refractivity contribution in [2.24, 2.45) is 5.92 Å². The van der Waals surface area contributed by atoms with Gasteiger partial charge in [0.05, 0.1) is 12.2 Å². The molecule has 230 valence electrons. The number of fused-ring (bicyclic) bond motifs is 2. The number of rotatable bonds is 6. The van der Waals surface area contributed by atoms with E-state index in [-0.39, 0.29) is 29.6 Å². The van der Waals surface area contributed by atoms with Crippen molar-refractivity contribution in [2.45, 2.75) is 49.9 Å². The molecule has 3 heterocycles. The molecule has 2 atom stereocenters. The fraction of sp³-hybridized carbons (Fsp3) is 0.297. The molecule has 1 saturated heterocycles. The zero-order chi connectivity index (χ0) is 31.0. The molecule has 45 heavy (non-hydrogen) atoms. The standard InChI is InChI=1S/C37H35F3N4O/c38-37(39,40)34-23-33(30-16-15-26-9-7-8-14-29(26)22-30)42-35-32(24-41-44(34)35)36(45)43-19-17-25(18-20-43)21-31(27-10-3-1-4-11-27)28-12-5-2-6-13-28/h1-16,22,24-25,31,33-34,42H,17-21,23H2. The summed E-state index contributed by atoms with van der Waals surface area (Å²) in [6.45, 7) is 1.11. The molecule has 2 aliphatic rings. The number of benzene rings is 4. The van der Waals surface area contributed by atoms with Crippen LogP contribution in [-0.4, -0.2) is 39.9 Å². The summed E-state index contributed by atoms with van der Waals surface area (Å²) in [7, 11) is 0. The van der Waals surface area contributed by atoms with E-state index < -0.39 is 18.3 Å². The smallest absolute Gasteiger partial charge is 0.363 e. The van der Waals surface area contributed by atoms with Crippen LogP contribution in [0.1, 0.15) is 70.7 Å². The summed E-state index contributed by atoms with van der Waals surface area (Å²) in [5.41, 5.74) is 3.50. The molecule has 2 unspecified atom stereocenters. The summed E-state index contributed by atoms with van der Waals surface area (Å²) >= 11 is 0. The molecule has 8 heteroatoms. The van der Waals surface area contributed by atoms with Crippen LogP contribution in [-0.2, 0) is 0 Å². The van der Waals surface area contributed by atoms with Crippen molar-refractivity contribution in [1.82, 2.24) is 14.7 Å². The predicted molar refractivity (Wildman–Crippen MR) is 170 cm³/mol. The van der Waals surface area contributed by atoms with Crippen LogP contribution in [0.25, 0.3) is 10.8 Å². The summed E-state index contributed by atoms with van der Waals surface area (Å²) in [5, 5.41) is 9.36. The first-order valence-corrected chi connectivity index (χ1v) is 15.6. The molecular formula is C37H35F3N4O. The first-order chi connectivity index (χ1) is 21.8. The van der Waals surface area contributed by atoms with Gasteiger partial charge in [0, 0.05) is 25.4 Å². The monoisotopic (exact) mass is 608 g/mol. The molecule has 1 N–H and O–H groups in total. The molecule has 5 aromatic rings. The van der Waals surface area contributed by atoms with Gasteiger partial charge in [0.15, 0.2) is 6.04 Å². The fourth-order valence-electron chi connectivity index (χ4n) is 7.07. The summed E-state index contributed by atoms with van der Waals surface area (Å²) in [4.78, 5) is 15.6. The van der Waals surface area contributed by atoms with Crippen molar-refractivity contribution in [3.63, 3.8) is 0 Å². The van der Waals surface area contributed by atoms with E-state index in [1.54, 1.807) is 4.90 Å². The van der Waals surface area contributed by atoms with E-state index >= 15 is 0 Å². The van der Waals surface area contributed by atoms with Crippen LogP contribution in [0.15, 0.2) is 109 Å². The normalized spacial score (nSPS) is 19.0. The number of alkyl halides is 3. The average Bonchev–Trinajstić information content (AvgIpc) is 3.51. The molecule has 5 nitrogen and oxygen atoms in total. The Morgan fingerprint density at radius 3 is 2.11 bits per heavy atom. The predicted octanol–water partition coefficient (Wildman–Crippen LogP) is 8.77. The van der Waals surface area contributed by atoms with E-state index in [1.807, 2.05) is 54.6 Å². The number of nitrogens with zero attached hydrogens (tertiary/aromatic N) is 3. The Kier molecular flexibility index (Phi) is 7.81. The second kappa shape index (κ2) is 12.1. The number of carbonyl (C=O) groups is 1. The number of carbonyl (C=O) groups excluding carboxylic acids is 1. The van der Waals surface area contributed by atoms with Crippen LogP contribution < -0.4 is 5.32 Å². The number of hydrogen-bond acceptors (Lipinski definition) is 3. The van der Waals surface area contributed by atoms with Crippen molar-refractivity contribution in [2.75, 3.05) is 18.4 Å². The van der Waals surface area contributed by atoms with Crippen molar-refractivity contribution in [3.8, 4) is 0 Å². The van der Waals surface area contributed by atoms with Gasteiger partial charge >= 0.3 is 6.18 Å². The van der Waals surface area contributed by atoms with Gasteiger partial charge < -0.3 is 10.2 Å². The molecule has 1 aromatic heterocycles. The van der Waals surface area contributed by atoms with Gasteiger partial charge in [-0.25, -0.2) is 4.68 Å². The minimum absolute atomic E-state index is 0.141. The highest BCUT2D eigenvalue weighted by Crippen LogP contribution is 2.45. The molecule has 0 radical (unpaired) electrons. The number of halogens is 3. The van der Waals surface area contributed by atoms with Crippen LogP contribution in [0.2, 0.25) is 0 Å². The van der Waals surface area contributed by atoms with Crippen LogP contribution in [0.5, 0.6) is 0 Å². The minimum atomic E-state index is -4.51. The van der Waals surface area contributed by atoms with E-state index in [0.717, 1.165) is 40.3 Å². The Hall–Kier alpha value is -4.59. The van der Waals surface area contributed by atoms with Crippen LogP contribution in [0.3, 0.4) is 0 Å². The Bertz CT molecular complexity index is 1740. The van der Waals surface area contributed by atoms with Crippen molar-refractivity contribution in [3.05, 3.63) is 132 Å². The molecule has 0 bridgehead atoms. The molecule has 0 aliphatic carbocycles. The third kappa shape index (κ3) is 5.93. The van der Waals surface area contributed by atoms with Crippen molar-refractivity contribution < 1.29 is 18.0 Å². The lowest BCUT2D eigenvalue weighted by molar-refractivity contribution is -0.173. The molecule has 7 rings (SSSR count). The maximum atomic E-state index is 14.3. The topological polar surface area (TPSA) is 50.2 Å². The average molecular weight is 609 g/mol. The molecule has 4 aromatic carbocycles. The Balaban J connectivity index is 1.09. The zero-order valence-electron chi connectivity index (χ0n) is 24.8. The number of likely N-dealkylation sites (tertiary alicyclic amines) is 1. The second-order valence-electron chi connectivity index (χ2n) is 12.3. The van der Waals surface area contributed by atoms with Gasteiger partial charge in [-0.3, -0.25) is 4.79 Å². The number of piperidine rings is 1. The van der Waals surface area contributed by atoms with Crippen LogP contribution in [0, 0.1) is 5.92 Å². The maximum Gasteiger partial charge on any atom is 0.410 e. The van der Waals surface area contributed by atoms with Gasteiger partial charge in [-0.05, 0) is 58.7 Å². The molecular weight excluding hydrogens is 573 g/mol. The van der Waals surface area contributed by atoms with Gasteiger partial charge in [0.25, 0.3) is 5.91 Å². The number of anilines is 1. The summed E-state index contributed by atoms with van der Waals surface area (Å²) < 4.78 is 44.0. The lowest BCUT2D eigenvalue weighted by Crippen LogP contribution is -2.40. The second-order valence-corrected chi connectivity index (χ2v) is 12.3. The molecule has 1 amide bonds. The highest BCUT2D eigenvalue weighted by Gasteiger charge is 2.47. The number of hydrogen-bond donors (Lipinski definition) is 1. The van der Waals surface area contributed by atoms with Gasteiger partial charge in [-0.2, -0.15) is 18.3 Å². The third-order valence-electron chi connectivity index (χ3n) is 9.52. The highest BCUT2D eigenvalue weighted by atomic mass is 19.4. The van der Waals surface area contributed by atoms with Gasteiger partial charge in [-0.15, -0.1) is 0 Å². The van der Waals surface area contributed by atoms with E-state index in [0.29, 0.717) is 19.0 Å². The Morgan fingerprint density at radius 2 is 1.47 bits per heavy atom. The van der Waals surface area contributed by atoms with Gasteiger partial charge in [0.1, 0.15) is 11.4 Å². The van der Waals surface area contributed by atoms with E-state index in [1.165, 1.54) is 17.3 Å². The number of aromatic nitrogens is 2. The first-order valence-electron chi connectivity index (χ1n) is 15.6. The van der Waals surface area contributed by atoms with E-state index in [9.17, 15) is 18.0 Å². The van der Waals surface area contributed by atoms with Crippen molar-refractivity contribution in [1.29, 1.82) is 0 Å². The quantitative estimate of drug-likeness (QED) is 0.210. The Morgan fingerprint density at radius 1 is 0.844 bits per heavy atom. The largest absolute Gasteiger partial charge is 0.410 e. The zero-order valence-corrected chi connectivity index (χ0v) is 24.8. The van der Waals surface area contributed by atoms with E-state index in [4.69, 9.17) is 0 Å². The lowest BCUT2D eigenvalue weighted by atomic mass is 9.80. The van der Waals surface area contributed by atoms with Crippen LogP contribution >= 0.6 is 0 Å². The van der Waals surface area contributed by atoms with Gasteiger partial charge in [-0.1, -0.05) is 97.1 Å². The number of nitrogens with one attached hydrogen (secondary N) is 1. The molecule has 0 spiro atoms. The summed E-state index contributed by atoms with van der Waals surface area (Å²) in [5.74, 6) is 0.551. The van der Waals surface area contributed by atoms with Crippen molar-refractivity contribution >= 4 is 22.5 Å². The summed E-state index contributed by atoms with van der Waals surface area (Å²) in [6.07, 6.45) is -0.766. The highest BCUT2D eigenvalue weighted by molar-refractivity contribution is 5.99. The number of amides is 1. The minimum Gasteiger partial charge on any atom is -0.363 e. The third-order valence-corrected chi connectivity index (χ3v) is 9.52. The Labute approximate surface area is 260 Å². The van der Waals surface area contributed by atoms with Crippen LogP contribution in [0.4, 0.5) is 19.0 Å². The molecule has 1 fully saturated rings. The maximum absolute atomic E-state index is 14.3.